The Morgan fingerprint density at radius 3 is 1.95 bits per heavy atom. The molecule has 5 heteroatoms. The minimum absolute atomic E-state index is 0.0856. The molecule has 0 atom stereocenters. The second-order valence-electron chi connectivity index (χ2n) is 4.39. The standard InChI is InChI=1S/C15H14F2N2O/c16-12-5-1-3-10(7-12)15(19-9-14(18)20)11-4-2-6-13(17)8-11/h1-8,15,19H,9H2,(H2,18,20). The van der Waals surface area contributed by atoms with Crippen LogP contribution in [0.5, 0.6) is 0 Å². The van der Waals surface area contributed by atoms with Crippen LogP contribution in [0, 0.1) is 11.6 Å². The molecule has 20 heavy (non-hydrogen) atoms. The van der Waals surface area contributed by atoms with E-state index in [0.717, 1.165) is 0 Å². The normalized spacial score (nSPS) is 10.8. The van der Waals surface area contributed by atoms with Crippen LogP contribution in [0.15, 0.2) is 48.5 Å². The summed E-state index contributed by atoms with van der Waals surface area (Å²) in [6, 6.07) is 11.3. The van der Waals surface area contributed by atoms with Gasteiger partial charge < -0.3 is 5.73 Å². The molecule has 3 N–H and O–H groups in total. The summed E-state index contributed by atoms with van der Waals surface area (Å²) < 4.78 is 26.7. The number of rotatable bonds is 5. The summed E-state index contributed by atoms with van der Waals surface area (Å²) in [4.78, 5) is 10.9. The second kappa shape index (κ2) is 6.25. The van der Waals surface area contributed by atoms with Crippen molar-refractivity contribution < 1.29 is 13.6 Å². The first-order valence-electron chi connectivity index (χ1n) is 6.09. The van der Waals surface area contributed by atoms with E-state index in [2.05, 4.69) is 5.32 Å². The number of benzene rings is 2. The van der Waals surface area contributed by atoms with Gasteiger partial charge in [-0.15, -0.1) is 0 Å². The number of nitrogens with two attached hydrogens (primary N) is 1. The summed E-state index contributed by atoms with van der Waals surface area (Å²) in [6.45, 7) is -0.0856. The zero-order chi connectivity index (χ0) is 14.5. The summed E-state index contributed by atoms with van der Waals surface area (Å²) in [7, 11) is 0. The Hall–Kier alpha value is -2.27. The third-order valence-corrected chi connectivity index (χ3v) is 2.84. The molecule has 2 aromatic rings. The Bertz CT molecular complexity index is 571. The highest BCUT2D eigenvalue weighted by molar-refractivity contribution is 5.76. The van der Waals surface area contributed by atoms with Gasteiger partial charge in [-0.2, -0.15) is 0 Å². The van der Waals surface area contributed by atoms with E-state index in [9.17, 15) is 13.6 Å². The molecule has 3 nitrogen and oxygen atoms in total. The average Bonchev–Trinajstić information content (AvgIpc) is 2.39. The number of carbonyl (C=O) groups excluding carboxylic acids is 1. The van der Waals surface area contributed by atoms with Crippen molar-refractivity contribution in [3.05, 3.63) is 71.3 Å². The summed E-state index contributed by atoms with van der Waals surface area (Å²) in [6.07, 6.45) is 0. The second-order valence-corrected chi connectivity index (χ2v) is 4.39. The topological polar surface area (TPSA) is 55.1 Å². The molecule has 0 aliphatic heterocycles. The van der Waals surface area contributed by atoms with E-state index >= 15 is 0 Å². The highest BCUT2D eigenvalue weighted by Gasteiger charge is 2.15. The molecule has 0 fully saturated rings. The molecule has 0 unspecified atom stereocenters. The quantitative estimate of drug-likeness (QED) is 0.879. The minimum atomic E-state index is -0.539. The number of primary amides is 1. The fourth-order valence-corrected chi connectivity index (χ4v) is 2.00. The summed E-state index contributed by atoms with van der Waals surface area (Å²) >= 11 is 0. The smallest absolute Gasteiger partial charge is 0.231 e. The lowest BCUT2D eigenvalue weighted by atomic mass is 9.98. The number of halogens is 2. The summed E-state index contributed by atoms with van der Waals surface area (Å²) in [5.41, 5.74) is 6.30. The Kier molecular flexibility index (Phi) is 4.42. The van der Waals surface area contributed by atoms with Crippen LogP contribution >= 0.6 is 0 Å². The molecular formula is C15H14F2N2O. The van der Waals surface area contributed by atoms with E-state index in [4.69, 9.17) is 5.73 Å². The first kappa shape index (κ1) is 14.1. The Balaban J connectivity index is 2.36. The van der Waals surface area contributed by atoms with Crippen LogP contribution in [0.1, 0.15) is 17.2 Å². The van der Waals surface area contributed by atoms with Gasteiger partial charge in [0.15, 0.2) is 0 Å². The Labute approximate surface area is 115 Å². The number of nitrogens with one attached hydrogen (secondary N) is 1. The van der Waals surface area contributed by atoms with Crippen LogP contribution in [0.3, 0.4) is 0 Å². The fraction of sp³-hybridized carbons (Fsp3) is 0.133. The van der Waals surface area contributed by atoms with Gasteiger partial charge in [-0.05, 0) is 35.4 Å². The van der Waals surface area contributed by atoms with Crippen molar-refractivity contribution >= 4 is 5.91 Å². The van der Waals surface area contributed by atoms with Gasteiger partial charge in [0.25, 0.3) is 0 Å². The van der Waals surface area contributed by atoms with Gasteiger partial charge in [-0.3, -0.25) is 10.1 Å². The van der Waals surface area contributed by atoms with Crippen molar-refractivity contribution in [2.75, 3.05) is 6.54 Å². The van der Waals surface area contributed by atoms with Gasteiger partial charge in [-0.25, -0.2) is 8.78 Å². The molecule has 2 rings (SSSR count). The number of hydrogen-bond donors (Lipinski definition) is 2. The van der Waals surface area contributed by atoms with Gasteiger partial charge in [0, 0.05) is 0 Å². The van der Waals surface area contributed by atoms with E-state index < -0.39 is 23.6 Å². The predicted octanol–water partition coefficient (Wildman–Crippen LogP) is 2.13. The highest BCUT2D eigenvalue weighted by atomic mass is 19.1. The Morgan fingerprint density at radius 2 is 1.55 bits per heavy atom. The maximum absolute atomic E-state index is 13.3. The van der Waals surface area contributed by atoms with Crippen molar-refractivity contribution in [1.29, 1.82) is 0 Å². The van der Waals surface area contributed by atoms with E-state index in [0.29, 0.717) is 11.1 Å². The van der Waals surface area contributed by atoms with Crippen LogP contribution < -0.4 is 11.1 Å². The lowest BCUT2D eigenvalue weighted by Gasteiger charge is -2.19. The van der Waals surface area contributed by atoms with Gasteiger partial charge in [0.1, 0.15) is 11.6 Å². The fourth-order valence-electron chi connectivity index (χ4n) is 2.00. The van der Waals surface area contributed by atoms with Crippen molar-refractivity contribution in [2.45, 2.75) is 6.04 Å². The van der Waals surface area contributed by atoms with E-state index in [1.807, 2.05) is 0 Å². The van der Waals surface area contributed by atoms with Gasteiger partial charge in [0.05, 0.1) is 12.6 Å². The minimum Gasteiger partial charge on any atom is -0.369 e. The van der Waals surface area contributed by atoms with Crippen LogP contribution in [0.4, 0.5) is 8.78 Å². The molecular weight excluding hydrogens is 262 g/mol. The first-order chi connectivity index (χ1) is 9.56. The summed E-state index contributed by atoms with van der Waals surface area (Å²) in [5, 5.41) is 2.90. The summed E-state index contributed by atoms with van der Waals surface area (Å²) in [5.74, 6) is -1.34. The molecule has 0 aliphatic carbocycles. The van der Waals surface area contributed by atoms with Crippen LogP contribution in [-0.2, 0) is 4.79 Å². The van der Waals surface area contributed by atoms with Crippen molar-refractivity contribution in [3.63, 3.8) is 0 Å². The number of amides is 1. The zero-order valence-electron chi connectivity index (χ0n) is 10.6. The monoisotopic (exact) mass is 276 g/mol. The van der Waals surface area contributed by atoms with E-state index in [1.54, 1.807) is 24.3 Å². The van der Waals surface area contributed by atoms with Crippen molar-refractivity contribution in [1.82, 2.24) is 5.32 Å². The largest absolute Gasteiger partial charge is 0.369 e. The van der Waals surface area contributed by atoms with Crippen molar-refractivity contribution in [3.8, 4) is 0 Å². The lowest BCUT2D eigenvalue weighted by molar-refractivity contribution is -0.117. The number of carbonyl (C=O) groups is 1. The average molecular weight is 276 g/mol. The molecule has 0 radical (unpaired) electrons. The third kappa shape index (κ3) is 3.61. The zero-order valence-corrected chi connectivity index (χ0v) is 10.6. The van der Waals surface area contributed by atoms with E-state index in [1.165, 1.54) is 24.3 Å². The van der Waals surface area contributed by atoms with Gasteiger partial charge in [0.2, 0.25) is 5.91 Å². The SMILES string of the molecule is NC(=O)CNC(c1cccc(F)c1)c1cccc(F)c1. The molecule has 0 bridgehead atoms. The third-order valence-electron chi connectivity index (χ3n) is 2.84. The molecule has 0 heterocycles. The van der Waals surface area contributed by atoms with Crippen LogP contribution in [-0.4, -0.2) is 12.5 Å². The van der Waals surface area contributed by atoms with Crippen LogP contribution in [0.2, 0.25) is 0 Å². The molecule has 0 aliphatic rings. The maximum atomic E-state index is 13.3. The highest BCUT2D eigenvalue weighted by Crippen LogP contribution is 2.23. The first-order valence-corrected chi connectivity index (χ1v) is 6.09. The molecule has 2 aromatic carbocycles. The van der Waals surface area contributed by atoms with E-state index in [-0.39, 0.29) is 6.54 Å². The van der Waals surface area contributed by atoms with Crippen LogP contribution in [0.25, 0.3) is 0 Å². The molecule has 0 aromatic heterocycles. The Morgan fingerprint density at radius 1 is 1.05 bits per heavy atom. The molecule has 0 saturated carbocycles. The number of hydrogen-bond acceptors (Lipinski definition) is 2. The molecule has 104 valence electrons. The van der Waals surface area contributed by atoms with Gasteiger partial charge in [-0.1, -0.05) is 24.3 Å². The molecule has 0 spiro atoms. The van der Waals surface area contributed by atoms with Gasteiger partial charge >= 0.3 is 0 Å². The maximum Gasteiger partial charge on any atom is 0.231 e. The molecule has 0 saturated heterocycles. The lowest BCUT2D eigenvalue weighted by Crippen LogP contribution is -2.32. The predicted molar refractivity (Wildman–Crippen MR) is 71.8 cm³/mol. The molecule has 1 amide bonds. The van der Waals surface area contributed by atoms with Crippen molar-refractivity contribution in [2.24, 2.45) is 5.73 Å².